The van der Waals surface area contributed by atoms with Gasteiger partial charge in [-0.1, -0.05) is 18.2 Å². The van der Waals surface area contributed by atoms with Gasteiger partial charge >= 0.3 is 0 Å². The van der Waals surface area contributed by atoms with Gasteiger partial charge in [0, 0.05) is 32.6 Å². The standard InChI is InChI=1S/C21H24N4O4S/c1-14-8-9-15(2)19(12-14)25-20(26)11-10-18(23-25)21(27)22-16-6-5-7-17(13-16)30(28,29)24(3)4/h5-9,12-13H,10-11H2,1-4H3,(H,22,27). The Morgan fingerprint density at radius 1 is 1.10 bits per heavy atom. The van der Waals surface area contributed by atoms with Gasteiger partial charge in [-0.05, 0) is 49.2 Å². The zero-order valence-corrected chi connectivity index (χ0v) is 18.2. The van der Waals surface area contributed by atoms with Crippen molar-refractivity contribution < 1.29 is 18.0 Å². The average Bonchev–Trinajstić information content (AvgIpc) is 2.70. The van der Waals surface area contributed by atoms with Gasteiger partial charge in [0.05, 0.1) is 10.6 Å². The predicted molar refractivity (Wildman–Crippen MR) is 116 cm³/mol. The van der Waals surface area contributed by atoms with Crippen LogP contribution in [0.2, 0.25) is 0 Å². The number of carbonyl (C=O) groups is 2. The van der Waals surface area contributed by atoms with Gasteiger partial charge in [0.15, 0.2) is 0 Å². The number of aryl methyl sites for hydroxylation is 2. The molecule has 2 aromatic rings. The largest absolute Gasteiger partial charge is 0.321 e. The maximum Gasteiger partial charge on any atom is 0.271 e. The molecule has 2 amide bonds. The van der Waals surface area contributed by atoms with Crippen molar-refractivity contribution in [1.82, 2.24) is 4.31 Å². The normalized spacial score (nSPS) is 14.6. The van der Waals surface area contributed by atoms with Crippen molar-refractivity contribution >= 4 is 38.9 Å². The number of hydrogen-bond donors (Lipinski definition) is 1. The highest BCUT2D eigenvalue weighted by atomic mass is 32.2. The highest BCUT2D eigenvalue weighted by molar-refractivity contribution is 7.89. The molecule has 0 bridgehead atoms. The second kappa shape index (κ2) is 8.37. The Kier molecular flexibility index (Phi) is 6.04. The van der Waals surface area contributed by atoms with Crippen LogP contribution in [0.15, 0.2) is 52.5 Å². The smallest absolute Gasteiger partial charge is 0.271 e. The van der Waals surface area contributed by atoms with E-state index in [2.05, 4.69) is 10.4 Å². The molecular weight excluding hydrogens is 404 g/mol. The highest BCUT2D eigenvalue weighted by Crippen LogP contribution is 2.26. The molecule has 3 rings (SSSR count). The van der Waals surface area contributed by atoms with Gasteiger partial charge in [0.1, 0.15) is 5.71 Å². The predicted octanol–water partition coefficient (Wildman–Crippen LogP) is 2.68. The van der Waals surface area contributed by atoms with E-state index >= 15 is 0 Å². The lowest BCUT2D eigenvalue weighted by atomic mass is 10.1. The monoisotopic (exact) mass is 428 g/mol. The number of rotatable bonds is 5. The number of benzene rings is 2. The van der Waals surface area contributed by atoms with Gasteiger partial charge in [-0.15, -0.1) is 0 Å². The van der Waals surface area contributed by atoms with Crippen LogP contribution in [0.3, 0.4) is 0 Å². The van der Waals surface area contributed by atoms with Crippen LogP contribution >= 0.6 is 0 Å². The molecule has 0 atom stereocenters. The van der Waals surface area contributed by atoms with Crippen molar-refractivity contribution in [3.63, 3.8) is 0 Å². The maximum absolute atomic E-state index is 12.8. The third kappa shape index (κ3) is 4.42. The summed E-state index contributed by atoms with van der Waals surface area (Å²) in [5.74, 6) is -0.656. The molecular formula is C21H24N4O4S. The first-order valence-corrected chi connectivity index (χ1v) is 10.9. The molecule has 1 aliphatic rings. The summed E-state index contributed by atoms with van der Waals surface area (Å²) in [5, 5.41) is 8.25. The Morgan fingerprint density at radius 2 is 1.83 bits per heavy atom. The average molecular weight is 429 g/mol. The second-order valence-corrected chi connectivity index (χ2v) is 9.46. The molecule has 0 aliphatic carbocycles. The number of anilines is 2. The summed E-state index contributed by atoms with van der Waals surface area (Å²) in [6.45, 7) is 3.80. The van der Waals surface area contributed by atoms with E-state index in [1.54, 1.807) is 12.1 Å². The first kappa shape index (κ1) is 21.7. The summed E-state index contributed by atoms with van der Waals surface area (Å²) < 4.78 is 25.7. The van der Waals surface area contributed by atoms with E-state index in [1.165, 1.54) is 31.2 Å². The number of hydrogen-bond acceptors (Lipinski definition) is 5. The van der Waals surface area contributed by atoms with E-state index in [0.717, 1.165) is 15.4 Å². The zero-order chi connectivity index (χ0) is 22.1. The summed E-state index contributed by atoms with van der Waals surface area (Å²) >= 11 is 0. The fourth-order valence-corrected chi connectivity index (χ4v) is 3.95. The van der Waals surface area contributed by atoms with Crippen molar-refractivity contribution in [2.75, 3.05) is 24.4 Å². The van der Waals surface area contributed by atoms with E-state index in [0.29, 0.717) is 11.4 Å². The summed E-state index contributed by atoms with van der Waals surface area (Å²) in [5.41, 5.74) is 3.04. The molecule has 0 fully saturated rings. The van der Waals surface area contributed by atoms with E-state index in [9.17, 15) is 18.0 Å². The molecule has 2 aromatic carbocycles. The summed E-state index contributed by atoms with van der Waals surface area (Å²) in [4.78, 5) is 25.2. The van der Waals surface area contributed by atoms with Gasteiger partial charge in [-0.25, -0.2) is 17.7 Å². The molecule has 0 aromatic heterocycles. The molecule has 1 heterocycles. The quantitative estimate of drug-likeness (QED) is 0.791. The van der Waals surface area contributed by atoms with Crippen molar-refractivity contribution in [3.8, 4) is 0 Å². The minimum absolute atomic E-state index is 0.0723. The lowest BCUT2D eigenvalue weighted by Gasteiger charge is -2.25. The summed E-state index contributed by atoms with van der Waals surface area (Å²) in [6.07, 6.45) is 0.371. The van der Waals surface area contributed by atoms with Gasteiger partial charge in [-0.2, -0.15) is 5.10 Å². The van der Waals surface area contributed by atoms with Crippen molar-refractivity contribution in [3.05, 3.63) is 53.6 Å². The zero-order valence-electron chi connectivity index (χ0n) is 17.3. The Balaban J connectivity index is 1.87. The molecule has 1 aliphatic heterocycles. The first-order chi connectivity index (χ1) is 14.1. The minimum Gasteiger partial charge on any atom is -0.321 e. The van der Waals surface area contributed by atoms with Crippen LogP contribution < -0.4 is 10.3 Å². The Morgan fingerprint density at radius 3 is 2.53 bits per heavy atom. The minimum atomic E-state index is -3.62. The molecule has 8 nitrogen and oxygen atoms in total. The number of nitrogens with one attached hydrogen (secondary N) is 1. The van der Waals surface area contributed by atoms with E-state index in [4.69, 9.17) is 0 Å². The van der Waals surface area contributed by atoms with Crippen LogP contribution in [0.1, 0.15) is 24.0 Å². The van der Waals surface area contributed by atoms with E-state index in [1.807, 2.05) is 32.0 Å². The lowest BCUT2D eigenvalue weighted by Crippen LogP contribution is -2.36. The Labute approximate surface area is 176 Å². The third-order valence-electron chi connectivity index (χ3n) is 4.76. The van der Waals surface area contributed by atoms with Crippen molar-refractivity contribution in [1.29, 1.82) is 0 Å². The number of amides is 2. The van der Waals surface area contributed by atoms with Crippen LogP contribution in [0.4, 0.5) is 11.4 Å². The van der Waals surface area contributed by atoms with Crippen molar-refractivity contribution in [2.24, 2.45) is 5.10 Å². The number of carbonyl (C=O) groups excluding carboxylic acids is 2. The van der Waals surface area contributed by atoms with E-state index in [-0.39, 0.29) is 29.4 Å². The number of nitrogens with zero attached hydrogens (tertiary/aromatic N) is 3. The highest BCUT2D eigenvalue weighted by Gasteiger charge is 2.27. The Bertz CT molecular complexity index is 1140. The first-order valence-electron chi connectivity index (χ1n) is 9.41. The molecule has 0 radical (unpaired) electrons. The van der Waals surface area contributed by atoms with Crippen LogP contribution in [0, 0.1) is 13.8 Å². The molecule has 0 unspecified atom stereocenters. The van der Waals surface area contributed by atoms with Crippen LogP contribution in [0.5, 0.6) is 0 Å². The third-order valence-corrected chi connectivity index (χ3v) is 6.57. The topological polar surface area (TPSA) is 99.2 Å². The maximum atomic E-state index is 12.8. The lowest BCUT2D eigenvalue weighted by molar-refractivity contribution is -0.118. The fraction of sp³-hybridized carbons (Fsp3) is 0.286. The molecule has 0 spiro atoms. The summed E-state index contributed by atoms with van der Waals surface area (Å²) in [6, 6.07) is 11.7. The molecule has 158 valence electrons. The van der Waals surface area contributed by atoms with Crippen LogP contribution in [-0.2, 0) is 19.6 Å². The van der Waals surface area contributed by atoms with Gasteiger partial charge in [0.25, 0.3) is 5.91 Å². The molecule has 1 N–H and O–H groups in total. The van der Waals surface area contributed by atoms with Gasteiger partial charge < -0.3 is 5.32 Å². The SMILES string of the molecule is Cc1ccc(C)c(N2N=C(C(=O)Nc3cccc(S(=O)(=O)N(C)C)c3)CCC2=O)c1. The molecule has 0 saturated carbocycles. The van der Waals surface area contributed by atoms with Crippen LogP contribution in [0.25, 0.3) is 0 Å². The van der Waals surface area contributed by atoms with Gasteiger partial charge in [-0.3, -0.25) is 9.59 Å². The summed E-state index contributed by atoms with van der Waals surface area (Å²) in [7, 11) is -0.741. The molecule has 9 heteroatoms. The van der Waals surface area contributed by atoms with Crippen molar-refractivity contribution in [2.45, 2.75) is 31.6 Å². The van der Waals surface area contributed by atoms with Crippen LogP contribution in [-0.4, -0.2) is 44.3 Å². The second-order valence-electron chi connectivity index (χ2n) is 7.31. The Hall–Kier alpha value is -3.04. The van der Waals surface area contributed by atoms with E-state index < -0.39 is 15.9 Å². The fourth-order valence-electron chi connectivity index (χ4n) is 3.00. The van der Waals surface area contributed by atoms with Gasteiger partial charge in [0.2, 0.25) is 15.9 Å². The molecule has 30 heavy (non-hydrogen) atoms. The number of sulfonamides is 1. The molecule has 0 saturated heterocycles. The number of hydrazone groups is 1.